The van der Waals surface area contributed by atoms with Crippen molar-refractivity contribution in [3.63, 3.8) is 0 Å². The number of hydrogen-bond donors (Lipinski definition) is 1. The summed E-state index contributed by atoms with van der Waals surface area (Å²) < 4.78 is 7.08. The lowest BCUT2D eigenvalue weighted by molar-refractivity contribution is -0.142. The third-order valence-corrected chi connectivity index (χ3v) is 6.56. The van der Waals surface area contributed by atoms with E-state index in [4.69, 9.17) is 4.74 Å². The van der Waals surface area contributed by atoms with Crippen LogP contribution < -0.4 is 5.32 Å². The van der Waals surface area contributed by atoms with Gasteiger partial charge in [0.25, 0.3) is 0 Å². The van der Waals surface area contributed by atoms with Crippen LogP contribution in [0, 0.1) is 0 Å². The number of fused-ring (bicyclic) bond motifs is 1. The number of carbonyl (C=O) groups excluding carboxylic acids is 2. The molecular weight excluding hydrogens is 438 g/mol. The third kappa shape index (κ3) is 6.39. The molecule has 2 amide bonds. The maximum absolute atomic E-state index is 13.6. The Morgan fingerprint density at radius 2 is 2.00 bits per heavy atom. The van der Waals surface area contributed by atoms with E-state index in [1.54, 1.807) is 9.58 Å². The predicted molar refractivity (Wildman–Crippen MR) is 130 cm³/mol. The summed E-state index contributed by atoms with van der Waals surface area (Å²) in [5.41, 5.74) is 1.13. The van der Waals surface area contributed by atoms with Crippen molar-refractivity contribution < 1.29 is 14.3 Å². The minimum absolute atomic E-state index is 0.00146. The molecule has 0 bridgehead atoms. The van der Waals surface area contributed by atoms with E-state index in [0.29, 0.717) is 26.2 Å². The monoisotopic (exact) mass is 471 g/mol. The fourth-order valence-electron chi connectivity index (χ4n) is 3.49. The first-order chi connectivity index (χ1) is 15.9. The molecule has 1 atom stereocenters. The Labute approximate surface area is 198 Å². The largest absolute Gasteiger partial charge is 0.382 e. The van der Waals surface area contributed by atoms with E-state index in [-0.39, 0.29) is 23.9 Å². The van der Waals surface area contributed by atoms with Gasteiger partial charge < -0.3 is 15.0 Å². The average Bonchev–Trinajstić information content (AvgIpc) is 3.46. The quantitative estimate of drug-likeness (QED) is 0.406. The summed E-state index contributed by atoms with van der Waals surface area (Å²) in [5, 5.41) is 13.4. The lowest BCUT2D eigenvalue weighted by Crippen LogP contribution is -2.51. The molecule has 2 aromatic heterocycles. The minimum Gasteiger partial charge on any atom is -0.382 e. The molecule has 2 heterocycles. The van der Waals surface area contributed by atoms with Gasteiger partial charge in [0.05, 0.1) is 5.52 Å². The summed E-state index contributed by atoms with van der Waals surface area (Å²) >= 11 is 1.47. The number of benzene rings is 1. The van der Waals surface area contributed by atoms with E-state index >= 15 is 0 Å². The summed E-state index contributed by atoms with van der Waals surface area (Å²) in [7, 11) is 0. The van der Waals surface area contributed by atoms with Crippen molar-refractivity contribution in [2.75, 3.05) is 19.8 Å². The van der Waals surface area contributed by atoms with E-state index in [2.05, 4.69) is 15.6 Å². The number of hydrogen-bond acceptors (Lipinski definition) is 6. The third-order valence-electron chi connectivity index (χ3n) is 5.64. The van der Waals surface area contributed by atoms with Crippen molar-refractivity contribution in [1.82, 2.24) is 25.2 Å². The van der Waals surface area contributed by atoms with Gasteiger partial charge in [-0.2, -0.15) is 0 Å². The summed E-state index contributed by atoms with van der Waals surface area (Å²) in [5.74, 6) is -0.373. The van der Waals surface area contributed by atoms with E-state index in [9.17, 15) is 9.59 Å². The van der Waals surface area contributed by atoms with Crippen LogP contribution in [-0.4, -0.2) is 57.0 Å². The van der Waals surface area contributed by atoms with Crippen molar-refractivity contribution in [3.05, 3.63) is 46.7 Å². The zero-order valence-corrected chi connectivity index (χ0v) is 20.6. The van der Waals surface area contributed by atoms with Crippen LogP contribution >= 0.6 is 11.3 Å². The second kappa shape index (κ2) is 11.4. The van der Waals surface area contributed by atoms with Gasteiger partial charge in [-0.15, -0.1) is 16.4 Å². The van der Waals surface area contributed by atoms with E-state index < -0.39 is 6.04 Å². The Bertz CT molecular complexity index is 1050. The molecule has 178 valence electrons. The van der Waals surface area contributed by atoms with Crippen LogP contribution in [-0.2, 0) is 20.9 Å². The summed E-state index contributed by atoms with van der Waals surface area (Å²) in [6.45, 7) is 9.47. The van der Waals surface area contributed by atoms with Gasteiger partial charge in [-0.25, -0.2) is 4.68 Å². The van der Waals surface area contributed by atoms with E-state index in [1.165, 1.54) is 11.3 Å². The highest BCUT2D eigenvalue weighted by Crippen LogP contribution is 2.28. The van der Waals surface area contributed by atoms with Crippen molar-refractivity contribution in [1.29, 1.82) is 0 Å². The molecule has 1 aromatic carbocycles. The van der Waals surface area contributed by atoms with Gasteiger partial charge in [0.15, 0.2) is 0 Å². The first-order valence-corrected chi connectivity index (χ1v) is 12.2. The van der Waals surface area contributed by atoms with E-state index in [0.717, 1.165) is 22.3 Å². The van der Waals surface area contributed by atoms with Crippen LogP contribution in [0.4, 0.5) is 0 Å². The standard InChI is InChI=1S/C24H33N5O3S/c1-5-24(3,4)25-23(31)22(20-13-9-16-33-20)28(14-10-15-32-6-2)21(30)17-29-19-12-8-7-11-18(19)26-27-29/h7-9,11-13,16,22H,5-6,10,14-15,17H2,1-4H3,(H,25,31). The Morgan fingerprint density at radius 3 is 2.70 bits per heavy atom. The van der Waals surface area contributed by atoms with Gasteiger partial charge in [-0.1, -0.05) is 30.3 Å². The van der Waals surface area contributed by atoms with Crippen LogP contribution in [0.5, 0.6) is 0 Å². The number of carbonyl (C=O) groups is 2. The zero-order valence-electron chi connectivity index (χ0n) is 19.8. The van der Waals surface area contributed by atoms with Gasteiger partial charge in [0.2, 0.25) is 11.8 Å². The molecule has 3 aromatic rings. The topological polar surface area (TPSA) is 89.3 Å². The first kappa shape index (κ1) is 24.9. The van der Waals surface area contributed by atoms with Gasteiger partial charge in [0.1, 0.15) is 18.1 Å². The van der Waals surface area contributed by atoms with Crippen LogP contribution in [0.25, 0.3) is 11.0 Å². The SMILES string of the molecule is CCOCCCN(C(=O)Cn1nnc2ccccc21)C(C(=O)NC(C)(C)CC)c1cccs1. The number of aromatic nitrogens is 3. The molecule has 9 heteroatoms. The predicted octanol–water partition coefficient (Wildman–Crippen LogP) is 3.79. The Kier molecular flexibility index (Phi) is 8.57. The fraction of sp³-hybridized carbons (Fsp3) is 0.500. The number of ether oxygens (including phenoxy) is 1. The molecule has 8 nitrogen and oxygen atoms in total. The highest BCUT2D eigenvalue weighted by molar-refractivity contribution is 7.10. The van der Waals surface area contributed by atoms with Gasteiger partial charge in [-0.05, 0) is 57.2 Å². The fourth-order valence-corrected chi connectivity index (χ4v) is 4.33. The van der Waals surface area contributed by atoms with Crippen LogP contribution in [0.15, 0.2) is 41.8 Å². The smallest absolute Gasteiger partial charge is 0.248 e. The minimum atomic E-state index is -0.722. The number of nitrogens with one attached hydrogen (secondary N) is 1. The second-order valence-corrected chi connectivity index (χ2v) is 9.50. The van der Waals surface area contributed by atoms with Crippen LogP contribution in [0.3, 0.4) is 0 Å². The summed E-state index contributed by atoms with van der Waals surface area (Å²) in [4.78, 5) is 29.6. The summed E-state index contributed by atoms with van der Waals surface area (Å²) in [6.07, 6.45) is 1.41. The van der Waals surface area contributed by atoms with Gasteiger partial charge >= 0.3 is 0 Å². The number of nitrogens with zero attached hydrogens (tertiary/aromatic N) is 4. The average molecular weight is 472 g/mol. The molecule has 0 fully saturated rings. The molecule has 0 aliphatic carbocycles. The number of thiophene rings is 1. The van der Waals surface area contributed by atoms with Crippen LogP contribution in [0.1, 0.15) is 51.5 Å². The van der Waals surface area contributed by atoms with Gasteiger partial charge in [-0.3, -0.25) is 9.59 Å². The Morgan fingerprint density at radius 1 is 1.21 bits per heavy atom. The Balaban J connectivity index is 1.91. The van der Waals surface area contributed by atoms with Crippen molar-refractivity contribution in [3.8, 4) is 0 Å². The lowest BCUT2D eigenvalue weighted by Gasteiger charge is -2.34. The highest BCUT2D eigenvalue weighted by Gasteiger charge is 2.34. The first-order valence-electron chi connectivity index (χ1n) is 11.4. The second-order valence-electron chi connectivity index (χ2n) is 8.52. The molecule has 0 spiro atoms. The molecule has 0 aliphatic heterocycles. The summed E-state index contributed by atoms with van der Waals surface area (Å²) in [6, 6.07) is 10.6. The maximum atomic E-state index is 13.6. The molecule has 3 rings (SSSR count). The van der Waals surface area contributed by atoms with E-state index in [1.807, 2.05) is 69.5 Å². The zero-order chi connectivity index (χ0) is 23.8. The molecule has 33 heavy (non-hydrogen) atoms. The Hall–Kier alpha value is -2.78. The van der Waals surface area contributed by atoms with Crippen molar-refractivity contribution in [2.24, 2.45) is 0 Å². The molecular formula is C24H33N5O3S. The van der Waals surface area contributed by atoms with Crippen molar-refractivity contribution >= 4 is 34.2 Å². The molecule has 1 unspecified atom stereocenters. The van der Waals surface area contributed by atoms with Crippen LogP contribution in [0.2, 0.25) is 0 Å². The molecule has 0 saturated heterocycles. The van der Waals surface area contributed by atoms with Gasteiger partial charge in [0, 0.05) is 30.2 Å². The van der Waals surface area contributed by atoms with Crippen molar-refractivity contribution in [2.45, 2.75) is 58.7 Å². The normalized spacial score (nSPS) is 12.6. The molecule has 0 radical (unpaired) electrons. The molecule has 0 saturated carbocycles. The number of para-hydroxylation sites is 1. The number of rotatable bonds is 12. The molecule has 0 aliphatic rings. The maximum Gasteiger partial charge on any atom is 0.248 e. The highest BCUT2D eigenvalue weighted by atomic mass is 32.1. The number of amides is 2. The lowest BCUT2D eigenvalue weighted by atomic mass is 10.0. The molecule has 1 N–H and O–H groups in total.